The number of hydrogen-bond donors (Lipinski definition) is 0. The number of allylic oxidation sites excluding steroid dienone is 2. The molecule has 146 valence electrons. The molecular formula is C27H32O. The van der Waals surface area contributed by atoms with Gasteiger partial charge in [0.1, 0.15) is 0 Å². The Balaban J connectivity index is 1.42. The van der Waals surface area contributed by atoms with Gasteiger partial charge in [-0.25, -0.2) is 0 Å². The molecule has 2 aromatic carbocycles. The summed E-state index contributed by atoms with van der Waals surface area (Å²) in [6.45, 7) is 5.37. The van der Waals surface area contributed by atoms with Crippen LogP contribution < -0.4 is 0 Å². The molecule has 4 atom stereocenters. The number of aryl methyl sites for hydroxylation is 2. The van der Waals surface area contributed by atoms with Crippen LogP contribution in [-0.2, 0) is 17.8 Å². The molecule has 0 radical (unpaired) electrons. The Labute approximate surface area is 169 Å². The number of rotatable bonds is 4. The molecule has 3 aliphatic carbocycles. The molecule has 0 aromatic heterocycles. The van der Waals surface area contributed by atoms with E-state index in [0.717, 1.165) is 18.4 Å². The van der Waals surface area contributed by atoms with Gasteiger partial charge < -0.3 is 4.74 Å². The van der Waals surface area contributed by atoms with Crippen molar-refractivity contribution in [2.24, 2.45) is 17.3 Å². The van der Waals surface area contributed by atoms with E-state index in [1.165, 1.54) is 49.7 Å². The molecule has 1 fully saturated rings. The molecule has 5 rings (SSSR count). The second kappa shape index (κ2) is 7.19. The van der Waals surface area contributed by atoms with E-state index in [9.17, 15) is 0 Å². The standard InChI is InChI=1S/C27H32O/c1-3-27-16-15-23-22-11-9-19(2)17-21(22)10-12-24(23)25(27)13-14-26(27)28-18-20-7-5-4-6-8-20/h4-9,11,15,17,24-26H,3,10,12-14,16,18H2,1-2H3/t24?,25?,26-,27-/m0/s1. The summed E-state index contributed by atoms with van der Waals surface area (Å²) in [5.74, 6) is 1.52. The molecular weight excluding hydrogens is 340 g/mol. The van der Waals surface area contributed by atoms with Gasteiger partial charge >= 0.3 is 0 Å². The van der Waals surface area contributed by atoms with E-state index in [1.807, 2.05) is 0 Å². The number of benzene rings is 2. The quantitative estimate of drug-likeness (QED) is 0.578. The van der Waals surface area contributed by atoms with Crippen LogP contribution in [0, 0.1) is 24.2 Å². The number of ether oxygens (including phenoxy) is 1. The van der Waals surface area contributed by atoms with E-state index in [4.69, 9.17) is 4.74 Å². The maximum Gasteiger partial charge on any atom is 0.0720 e. The average molecular weight is 373 g/mol. The summed E-state index contributed by atoms with van der Waals surface area (Å²) in [7, 11) is 0. The van der Waals surface area contributed by atoms with Crippen LogP contribution in [0.15, 0.2) is 54.6 Å². The summed E-state index contributed by atoms with van der Waals surface area (Å²) >= 11 is 0. The van der Waals surface area contributed by atoms with Crippen molar-refractivity contribution >= 4 is 5.57 Å². The monoisotopic (exact) mass is 372 g/mol. The first-order valence-electron chi connectivity index (χ1n) is 11.2. The van der Waals surface area contributed by atoms with Gasteiger partial charge in [-0.15, -0.1) is 0 Å². The summed E-state index contributed by atoms with van der Waals surface area (Å²) in [5, 5.41) is 0. The third-order valence-electron chi connectivity index (χ3n) is 7.96. The first kappa shape index (κ1) is 18.2. The fraction of sp³-hybridized carbons (Fsp3) is 0.481. The molecule has 0 N–H and O–H groups in total. The lowest BCUT2D eigenvalue weighted by Gasteiger charge is -2.48. The second-order valence-corrected chi connectivity index (χ2v) is 9.23. The number of hydrogen-bond acceptors (Lipinski definition) is 1. The highest BCUT2D eigenvalue weighted by Crippen LogP contribution is 2.60. The van der Waals surface area contributed by atoms with Crippen LogP contribution in [0.1, 0.15) is 61.3 Å². The van der Waals surface area contributed by atoms with Gasteiger partial charge in [-0.3, -0.25) is 0 Å². The van der Waals surface area contributed by atoms with Gasteiger partial charge in [0, 0.05) is 5.41 Å². The molecule has 0 spiro atoms. The highest BCUT2D eigenvalue weighted by molar-refractivity contribution is 5.73. The zero-order valence-electron chi connectivity index (χ0n) is 17.3. The minimum atomic E-state index is 0.338. The third-order valence-corrected chi connectivity index (χ3v) is 7.96. The molecule has 2 aromatic rings. The fourth-order valence-corrected chi connectivity index (χ4v) is 6.54. The maximum atomic E-state index is 6.59. The summed E-state index contributed by atoms with van der Waals surface area (Å²) in [6.07, 6.45) is 10.5. The SMILES string of the molecule is CC[C@]12CC=C3c4ccc(C)cc4CCC3C1CC[C@@H]2OCc1ccccc1. The lowest BCUT2D eigenvalue weighted by atomic mass is 9.58. The molecule has 28 heavy (non-hydrogen) atoms. The summed E-state index contributed by atoms with van der Waals surface area (Å²) < 4.78 is 6.59. The van der Waals surface area contributed by atoms with Crippen LogP contribution >= 0.6 is 0 Å². The minimum Gasteiger partial charge on any atom is -0.373 e. The maximum absolute atomic E-state index is 6.59. The Morgan fingerprint density at radius 3 is 2.71 bits per heavy atom. The highest BCUT2D eigenvalue weighted by atomic mass is 16.5. The van der Waals surface area contributed by atoms with Crippen molar-refractivity contribution in [1.29, 1.82) is 0 Å². The lowest BCUT2D eigenvalue weighted by molar-refractivity contribution is -0.0566. The summed E-state index contributed by atoms with van der Waals surface area (Å²) in [4.78, 5) is 0. The Kier molecular flexibility index (Phi) is 4.67. The topological polar surface area (TPSA) is 9.23 Å². The van der Waals surface area contributed by atoms with Gasteiger partial charge in [-0.05, 0) is 79.5 Å². The van der Waals surface area contributed by atoms with Gasteiger partial charge in [0.05, 0.1) is 12.7 Å². The van der Waals surface area contributed by atoms with Gasteiger partial charge in [0.15, 0.2) is 0 Å². The molecule has 1 saturated carbocycles. The molecule has 0 saturated heterocycles. The lowest BCUT2D eigenvalue weighted by Crippen LogP contribution is -2.42. The Bertz CT molecular complexity index is 880. The molecule has 1 heteroatoms. The van der Waals surface area contributed by atoms with Crippen LogP contribution in [-0.4, -0.2) is 6.10 Å². The van der Waals surface area contributed by atoms with Crippen LogP contribution in [0.2, 0.25) is 0 Å². The normalized spacial score (nSPS) is 30.9. The third kappa shape index (κ3) is 2.87. The van der Waals surface area contributed by atoms with E-state index in [0.29, 0.717) is 11.5 Å². The van der Waals surface area contributed by atoms with Gasteiger partial charge in [0.2, 0.25) is 0 Å². The molecule has 3 aliphatic rings. The predicted octanol–water partition coefficient (Wildman–Crippen LogP) is 6.74. The van der Waals surface area contributed by atoms with E-state index < -0.39 is 0 Å². The summed E-state index contributed by atoms with van der Waals surface area (Å²) in [6, 6.07) is 17.8. The van der Waals surface area contributed by atoms with Gasteiger partial charge in [-0.2, -0.15) is 0 Å². The Hall–Kier alpha value is -1.86. The zero-order chi connectivity index (χ0) is 19.1. The second-order valence-electron chi connectivity index (χ2n) is 9.23. The Morgan fingerprint density at radius 2 is 1.89 bits per heavy atom. The van der Waals surface area contributed by atoms with Crippen LogP contribution in [0.5, 0.6) is 0 Å². The average Bonchev–Trinajstić information content (AvgIpc) is 3.11. The van der Waals surface area contributed by atoms with Crippen molar-refractivity contribution in [2.75, 3.05) is 0 Å². The zero-order valence-corrected chi connectivity index (χ0v) is 17.3. The van der Waals surface area contributed by atoms with Crippen molar-refractivity contribution in [2.45, 2.75) is 65.1 Å². The van der Waals surface area contributed by atoms with Crippen LogP contribution in [0.4, 0.5) is 0 Å². The largest absolute Gasteiger partial charge is 0.373 e. The number of fused-ring (bicyclic) bond motifs is 5. The van der Waals surface area contributed by atoms with Crippen LogP contribution in [0.25, 0.3) is 5.57 Å². The van der Waals surface area contributed by atoms with Gasteiger partial charge in [0.25, 0.3) is 0 Å². The first-order chi connectivity index (χ1) is 13.7. The molecule has 2 unspecified atom stereocenters. The van der Waals surface area contributed by atoms with Crippen molar-refractivity contribution in [1.82, 2.24) is 0 Å². The summed E-state index contributed by atoms with van der Waals surface area (Å²) in [5.41, 5.74) is 7.80. The predicted molar refractivity (Wildman–Crippen MR) is 116 cm³/mol. The minimum absolute atomic E-state index is 0.338. The van der Waals surface area contributed by atoms with E-state index >= 15 is 0 Å². The smallest absolute Gasteiger partial charge is 0.0720 e. The van der Waals surface area contributed by atoms with Gasteiger partial charge in [-0.1, -0.05) is 67.1 Å². The molecule has 0 amide bonds. The van der Waals surface area contributed by atoms with Crippen molar-refractivity contribution < 1.29 is 4.74 Å². The molecule has 0 heterocycles. The van der Waals surface area contributed by atoms with Crippen LogP contribution in [0.3, 0.4) is 0 Å². The van der Waals surface area contributed by atoms with E-state index in [1.54, 1.807) is 16.7 Å². The van der Waals surface area contributed by atoms with E-state index in [-0.39, 0.29) is 0 Å². The highest BCUT2D eigenvalue weighted by Gasteiger charge is 2.54. The Morgan fingerprint density at radius 1 is 1.04 bits per heavy atom. The first-order valence-corrected chi connectivity index (χ1v) is 11.2. The molecule has 0 aliphatic heterocycles. The van der Waals surface area contributed by atoms with Crippen molar-refractivity contribution in [3.05, 3.63) is 76.9 Å². The molecule has 1 nitrogen and oxygen atoms in total. The van der Waals surface area contributed by atoms with Crippen molar-refractivity contribution in [3.8, 4) is 0 Å². The molecule has 0 bridgehead atoms. The fourth-order valence-electron chi connectivity index (χ4n) is 6.54. The van der Waals surface area contributed by atoms with Crippen molar-refractivity contribution in [3.63, 3.8) is 0 Å². The van der Waals surface area contributed by atoms with E-state index in [2.05, 4.69) is 68.5 Å².